The molecule has 1 heterocycles. The molecular formula is C28H30N6O6S2. The number of nitrogens with zero attached hydrogens (tertiary/aromatic N) is 4. The van der Waals surface area contributed by atoms with E-state index in [4.69, 9.17) is 9.47 Å². The number of amides is 2. The number of carbonyl (C=O) groups excluding carboxylic acids is 2. The van der Waals surface area contributed by atoms with E-state index in [-0.39, 0.29) is 28.7 Å². The van der Waals surface area contributed by atoms with Crippen LogP contribution in [0.4, 0.5) is 5.69 Å². The molecule has 4 aromatic rings. The molecule has 0 atom stereocenters. The maximum absolute atomic E-state index is 12.9. The number of aromatic nitrogens is 3. The van der Waals surface area contributed by atoms with E-state index in [0.717, 1.165) is 4.31 Å². The Hall–Kier alpha value is -4.40. The lowest BCUT2D eigenvalue weighted by Gasteiger charge is -2.14. The Balaban J connectivity index is 1.51. The van der Waals surface area contributed by atoms with Gasteiger partial charge in [-0.25, -0.2) is 12.7 Å². The number of thioether (sulfide) groups is 1. The summed E-state index contributed by atoms with van der Waals surface area (Å²) >= 11 is 1.18. The molecule has 0 radical (unpaired) electrons. The van der Waals surface area contributed by atoms with Crippen LogP contribution in [-0.2, 0) is 21.4 Å². The molecule has 220 valence electrons. The Labute approximate surface area is 248 Å². The third-order valence-electron chi connectivity index (χ3n) is 6.03. The molecule has 2 amide bonds. The molecule has 42 heavy (non-hydrogen) atoms. The van der Waals surface area contributed by atoms with Crippen molar-refractivity contribution in [3.8, 4) is 17.2 Å². The van der Waals surface area contributed by atoms with E-state index in [1.165, 1.54) is 50.1 Å². The zero-order chi connectivity index (χ0) is 30.3. The minimum atomic E-state index is -3.61. The Morgan fingerprint density at radius 1 is 0.929 bits per heavy atom. The number of carbonyl (C=O) groups is 2. The molecule has 0 spiro atoms. The molecule has 0 aliphatic rings. The summed E-state index contributed by atoms with van der Waals surface area (Å²) in [7, 11) is 2.37. The van der Waals surface area contributed by atoms with E-state index in [2.05, 4.69) is 20.8 Å². The summed E-state index contributed by atoms with van der Waals surface area (Å²) in [4.78, 5) is 25.7. The van der Waals surface area contributed by atoms with Crippen LogP contribution in [0.15, 0.2) is 82.8 Å². The monoisotopic (exact) mass is 610 g/mol. The van der Waals surface area contributed by atoms with Gasteiger partial charge in [-0.05, 0) is 60.7 Å². The van der Waals surface area contributed by atoms with Crippen molar-refractivity contribution in [2.24, 2.45) is 0 Å². The van der Waals surface area contributed by atoms with Crippen LogP contribution in [0.1, 0.15) is 16.2 Å². The predicted molar refractivity (Wildman–Crippen MR) is 159 cm³/mol. The number of hydrogen-bond donors (Lipinski definition) is 2. The zero-order valence-corrected chi connectivity index (χ0v) is 25.0. The maximum Gasteiger partial charge on any atom is 0.251 e. The Morgan fingerprint density at radius 2 is 1.62 bits per heavy atom. The average Bonchev–Trinajstić information content (AvgIpc) is 3.41. The lowest BCUT2D eigenvalue weighted by atomic mass is 10.2. The van der Waals surface area contributed by atoms with Gasteiger partial charge in [0.2, 0.25) is 15.9 Å². The summed E-state index contributed by atoms with van der Waals surface area (Å²) in [6.07, 6.45) is 0. The number of para-hydroxylation sites is 2. The van der Waals surface area contributed by atoms with Crippen molar-refractivity contribution >= 4 is 39.3 Å². The number of sulfonamides is 1. The van der Waals surface area contributed by atoms with Gasteiger partial charge in [-0.2, -0.15) is 0 Å². The third kappa shape index (κ3) is 7.08. The number of ether oxygens (including phenoxy) is 2. The second-order valence-electron chi connectivity index (χ2n) is 8.97. The summed E-state index contributed by atoms with van der Waals surface area (Å²) in [5.41, 5.74) is 1.54. The minimum Gasteiger partial charge on any atom is -0.497 e. The first-order chi connectivity index (χ1) is 20.1. The van der Waals surface area contributed by atoms with Crippen LogP contribution in [0.25, 0.3) is 5.69 Å². The standard InChI is InChI=1S/C28H30N6O6S2/c1-33(2)42(37,38)22-15-9-19(10-16-22)27(36)29-17-25-31-32-28(34(25)23-7-5-6-8-24(23)40-4)41-18-26(35)30-20-11-13-21(39-3)14-12-20/h5-16H,17-18H2,1-4H3,(H,29,36)(H,30,35). The SMILES string of the molecule is COc1ccc(NC(=O)CSc2nnc(CNC(=O)c3ccc(S(=O)(=O)N(C)C)cc3)n2-c2ccccc2OC)cc1. The number of methoxy groups -OCH3 is 2. The molecular weight excluding hydrogens is 580 g/mol. The van der Waals surface area contributed by atoms with Gasteiger partial charge in [0.1, 0.15) is 11.5 Å². The van der Waals surface area contributed by atoms with Gasteiger partial charge >= 0.3 is 0 Å². The number of rotatable bonds is 12. The number of nitrogens with one attached hydrogen (secondary N) is 2. The Kier molecular flexibility index (Phi) is 9.83. The van der Waals surface area contributed by atoms with Crippen molar-refractivity contribution in [2.75, 3.05) is 39.4 Å². The van der Waals surface area contributed by atoms with E-state index in [1.807, 2.05) is 18.2 Å². The van der Waals surface area contributed by atoms with Crippen LogP contribution < -0.4 is 20.1 Å². The van der Waals surface area contributed by atoms with Crippen LogP contribution >= 0.6 is 11.8 Å². The van der Waals surface area contributed by atoms with Crippen molar-refractivity contribution in [3.63, 3.8) is 0 Å². The van der Waals surface area contributed by atoms with Crippen LogP contribution in [-0.4, -0.2) is 73.4 Å². The third-order valence-corrected chi connectivity index (χ3v) is 8.79. The molecule has 0 aliphatic carbocycles. The number of anilines is 1. The van der Waals surface area contributed by atoms with Gasteiger partial charge in [0.25, 0.3) is 5.91 Å². The van der Waals surface area contributed by atoms with Gasteiger partial charge in [-0.15, -0.1) is 10.2 Å². The van der Waals surface area contributed by atoms with Crippen LogP contribution in [0.3, 0.4) is 0 Å². The van der Waals surface area contributed by atoms with Gasteiger partial charge < -0.3 is 20.1 Å². The van der Waals surface area contributed by atoms with Crippen molar-refractivity contribution in [2.45, 2.75) is 16.6 Å². The second kappa shape index (κ2) is 13.5. The summed E-state index contributed by atoms with van der Waals surface area (Å²) < 4.78 is 38.2. The van der Waals surface area contributed by atoms with Crippen LogP contribution in [0.2, 0.25) is 0 Å². The van der Waals surface area contributed by atoms with Gasteiger partial charge in [-0.3, -0.25) is 14.2 Å². The quantitative estimate of drug-likeness (QED) is 0.231. The first-order valence-electron chi connectivity index (χ1n) is 12.6. The normalized spacial score (nSPS) is 11.3. The van der Waals surface area contributed by atoms with Gasteiger partial charge in [-0.1, -0.05) is 23.9 Å². The molecule has 0 saturated heterocycles. The average molecular weight is 611 g/mol. The Morgan fingerprint density at radius 3 is 2.26 bits per heavy atom. The molecule has 0 aliphatic heterocycles. The highest BCUT2D eigenvalue weighted by Crippen LogP contribution is 2.29. The number of hydrogen-bond acceptors (Lipinski definition) is 9. The van der Waals surface area contributed by atoms with E-state index >= 15 is 0 Å². The van der Waals surface area contributed by atoms with E-state index in [1.54, 1.807) is 49.1 Å². The smallest absolute Gasteiger partial charge is 0.251 e. The van der Waals surface area contributed by atoms with Crippen molar-refractivity contribution in [3.05, 3.63) is 84.2 Å². The molecule has 1 aromatic heterocycles. The molecule has 3 aromatic carbocycles. The molecule has 14 heteroatoms. The van der Waals surface area contributed by atoms with Crippen LogP contribution in [0, 0.1) is 0 Å². The second-order valence-corrected chi connectivity index (χ2v) is 12.1. The van der Waals surface area contributed by atoms with Gasteiger partial charge in [0.15, 0.2) is 11.0 Å². The lowest BCUT2D eigenvalue weighted by Crippen LogP contribution is -2.25. The predicted octanol–water partition coefficient (Wildman–Crippen LogP) is 3.20. The first kappa shape index (κ1) is 30.6. The van der Waals surface area contributed by atoms with E-state index < -0.39 is 15.9 Å². The first-order valence-corrected chi connectivity index (χ1v) is 15.0. The topological polar surface area (TPSA) is 145 Å². The molecule has 0 unspecified atom stereocenters. The molecule has 0 fully saturated rings. The largest absolute Gasteiger partial charge is 0.497 e. The van der Waals surface area contributed by atoms with Crippen molar-refractivity contribution in [1.82, 2.24) is 24.4 Å². The number of benzene rings is 3. The molecule has 0 bridgehead atoms. The summed E-state index contributed by atoms with van der Waals surface area (Å²) in [5.74, 6) is 1.01. The minimum absolute atomic E-state index is 0.000233. The van der Waals surface area contributed by atoms with E-state index in [0.29, 0.717) is 33.9 Å². The maximum atomic E-state index is 12.9. The Bertz CT molecular complexity index is 1660. The fraction of sp³-hybridized carbons (Fsp3) is 0.214. The fourth-order valence-corrected chi connectivity index (χ4v) is 5.48. The molecule has 2 N–H and O–H groups in total. The zero-order valence-electron chi connectivity index (χ0n) is 23.4. The molecule has 12 nitrogen and oxygen atoms in total. The molecule has 0 saturated carbocycles. The summed E-state index contributed by atoms with van der Waals surface area (Å²) in [5, 5.41) is 14.6. The van der Waals surface area contributed by atoms with E-state index in [9.17, 15) is 18.0 Å². The fourth-order valence-electron chi connectivity index (χ4n) is 3.82. The summed E-state index contributed by atoms with van der Waals surface area (Å²) in [6, 6.07) is 19.9. The van der Waals surface area contributed by atoms with Gasteiger partial charge in [0.05, 0.1) is 37.1 Å². The van der Waals surface area contributed by atoms with Crippen molar-refractivity contribution in [1.29, 1.82) is 0 Å². The van der Waals surface area contributed by atoms with Gasteiger partial charge in [0, 0.05) is 25.3 Å². The lowest BCUT2D eigenvalue weighted by molar-refractivity contribution is -0.113. The molecule has 4 rings (SSSR count). The summed E-state index contributed by atoms with van der Waals surface area (Å²) in [6.45, 7) is 0.000233. The highest BCUT2D eigenvalue weighted by Gasteiger charge is 2.21. The van der Waals surface area contributed by atoms with Crippen molar-refractivity contribution < 1.29 is 27.5 Å². The highest BCUT2D eigenvalue weighted by molar-refractivity contribution is 7.99. The van der Waals surface area contributed by atoms with Crippen LogP contribution in [0.5, 0.6) is 11.5 Å². The highest BCUT2D eigenvalue weighted by atomic mass is 32.2.